The van der Waals surface area contributed by atoms with E-state index in [4.69, 9.17) is 10.5 Å². The molecule has 0 saturated carbocycles. The zero-order chi connectivity index (χ0) is 18.5. The number of carbonyl (C=O) groups excluding carboxylic acids is 1. The molecule has 2 aromatic rings. The maximum absolute atomic E-state index is 12.7. The highest BCUT2D eigenvalue weighted by molar-refractivity contribution is 5.79. The summed E-state index contributed by atoms with van der Waals surface area (Å²) in [5, 5.41) is 0. The van der Waals surface area contributed by atoms with Gasteiger partial charge in [-0.3, -0.25) is 4.79 Å². The van der Waals surface area contributed by atoms with E-state index in [1.54, 1.807) is 0 Å². The van der Waals surface area contributed by atoms with Crippen molar-refractivity contribution in [2.75, 3.05) is 6.54 Å². The van der Waals surface area contributed by atoms with Crippen molar-refractivity contribution < 1.29 is 9.53 Å². The molecule has 138 valence electrons. The molecule has 2 atom stereocenters. The predicted octanol–water partition coefficient (Wildman–Crippen LogP) is 3.45. The van der Waals surface area contributed by atoms with E-state index in [1.165, 1.54) is 11.1 Å². The Balaban J connectivity index is 1.60. The van der Waals surface area contributed by atoms with Crippen molar-refractivity contribution >= 4 is 5.91 Å². The van der Waals surface area contributed by atoms with E-state index in [2.05, 4.69) is 26.0 Å². The van der Waals surface area contributed by atoms with Crippen LogP contribution in [0.3, 0.4) is 0 Å². The van der Waals surface area contributed by atoms with Crippen molar-refractivity contribution in [1.82, 2.24) is 4.90 Å². The number of rotatable bonds is 5. The summed E-state index contributed by atoms with van der Waals surface area (Å²) < 4.78 is 5.93. The molecule has 2 N–H and O–H groups in total. The fourth-order valence-corrected chi connectivity index (χ4v) is 3.53. The number of nitrogens with zero attached hydrogens (tertiary/aromatic N) is 1. The van der Waals surface area contributed by atoms with Gasteiger partial charge in [-0.15, -0.1) is 0 Å². The van der Waals surface area contributed by atoms with Crippen molar-refractivity contribution in [3.05, 3.63) is 65.2 Å². The van der Waals surface area contributed by atoms with E-state index in [0.717, 1.165) is 30.7 Å². The van der Waals surface area contributed by atoms with Crippen LogP contribution in [0.15, 0.2) is 48.5 Å². The second-order valence-corrected chi connectivity index (χ2v) is 7.26. The minimum absolute atomic E-state index is 0.167. The summed E-state index contributed by atoms with van der Waals surface area (Å²) in [4.78, 5) is 14.6. The molecule has 1 amide bonds. The van der Waals surface area contributed by atoms with Crippen molar-refractivity contribution in [1.29, 1.82) is 0 Å². The lowest BCUT2D eigenvalue weighted by atomic mass is 9.98. The summed E-state index contributed by atoms with van der Waals surface area (Å²) in [5.41, 5.74) is 9.38. The summed E-state index contributed by atoms with van der Waals surface area (Å²) in [5.74, 6) is 0.965. The largest absolute Gasteiger partial charge is 0.489 e. The molecule has 0 unspecified atom stereocenters. The van der Waals surface area contributed by atoms with Crippen LogP contribution in [0.2, 0.25) is 0 Å². The first-order chi connectivity index (χ1) is 12.5. The third-order valence-corrected chi connectivity index (χ3v) is 5.15. The molecule has 1 saturated heterocycles. The average Bonchev–Trinajstić information content (AvgIpc) is 2.61. The molecule has 1 aliphatic heterocycles. The van der Waals surface area contributed by atoms with Gasteiger partial charge in [-0.05, 0) is 55.5 Å². The first-order valence-electron chi connectivity index (χ1n) is 9.34. The van der Waals surface area contributed by atoms with Gasteiger partial charge >= 0.3 is 0 Å². The maximum Gasteiger partial charge on any atom is 0.227 e. The Kier molecular flexibility index (Phi) is 5.94. The zero-order valence-electron chi connectivity index (χ0n) is 15.7. The molecule has 4 heteroatoms. The molecule has 0 bridgehead atoms. The summed E-state index contributed by atoms with van der Waals surface area (Å²) in [7, 11) is 0. The van der Waals surface area contributed by atoms with E-state index in [1.807, 2.05) is 41.3 Å². The number of aryl methyl sites for hydroxylation is 1. The molecule has 1 heterocycles. The van der Waals surface area contributed by atoms with E-state index < -0.39 is 0 Å². The summed E-state index contributed by atoms with van der Waals surface area (Å²) >= 11 is 0. The number of carbonyl (C=O) groups is 1. The van der Waals surface area contributed by atoms with Gasteiger partial charge in [0.05, 0.1) is 6.42 Å². The average molecular weight is 352 g/mol. The fourth-order valence-electron chi connectivity index (χ4n) is 3.53. The van der Waals surface area contributed by atoms with Crippen LogP contribution in [-0.2, 0) is 17.8 Å². The topological polar surface area (TPSA) is 55.6 Å². The molecule has 0 aliphatic carbocycles. The van der Waals surface area contributed by atoms with Gasteiger partial charge in [-0.25, -0.2) is 0 Å². The van der Waals surface area contributed by atoms with Crippen LogP contribution in [-0.4, -0.2) is 29.4 Å². The molecule has 0 radical (unpaired) electrons. The van der Waals surface area contributed by atoms with Crippen LogP contribution in [0.4, 0.5) is 0 Å². The van der Waals surface area contributed by atoms with Crippen LogP contribution in [0.25, 0.3) is 0 Å². The van der Waals surface area contributed by atoms with Crippen LogP contribution in [0.1, 0.15) is 36.5 Å². The van der Waals surface area contributed by atoms with Gasteiger partial charge < -0.3 is 15.4 Å². The molecule has 0 spiro atoms. The van der Waals surface area contributed by atoms with Gasteiger partial charge in [0.1, 0.15) is 12.4 Å². The second kappa shape index (κ2) is 8.37. The predicted molar refractivity (Wildman–Crippen MR) is 104 cm³/mol. The molecule has 3 rings (SSSR count). The number of hydrogen-bond donors (Lipinski definition) is 1. The number of likely N-dealkylation sites (tertiary alicyclic amines) is 1. The summed E-state index contributed by atoms with van der Waals surface area (Å²) in [6, 6.07) is 16.5. The number of hydrogen-bond acceptors (Lipinski definition) is 3. The van der Waals surface area contributed by atoms with Gasteiger partial charge in [0, 0.05) is 18.6 Å². The highest BCUT2D eigenvalue weighted by Gasteiger charge is 2.26. The van der Waals surface area contributed by atoms with Crippen LogP contribution in [0, 0.1) is 6.92 Å². The first-order valence-corrected chi connectivity index (χ1v) is 9.34. The summed E-state index contributed by atoms with van der Waals surface area (Å²) in [6.45, 7) is 5.45. The molecule has 1 fully saturated rings. The molecule has 26 heavy (non-hydrogen) atoms. The van der Waals surface area contributed by atoms with E-state index in [0.29, 0.717) is 13.0 Å². The number of piperidine rings is 1. The van der Waals surface area contributed by atoms with E-state index >= 15 is 0 Å². The Morgan fingerprint density at radius 1 is 1.23 bits per heavy atom. The Morgan fingerprint density at radius 3 is 2.81 bits per heavy atom. The third kappa shape index (κ3) is 4.64. The quantitative estimate of drug-likeness (QED) is 0.897. The number of amides is 1. The van der Waals surface area contributed by atoms with Gasteiger partial charge in [0.2, 0.25) is 5.91 Å². The van der Waals surface area contributed by atoms with E-state index in [9.17, 15) is 4.79 Å². The van der Waals surface area contributed by atoms with Crippen LogP contribution >= 0.6 is 0 Å². The van der Waals surface area contributed by atoms with Gasteiger partial charge in [-0.1, -0.05) is 36.4 Å². The highest BCUT2D eigenvalue weighted by atomic mass is 16.5. The number of benzene rings is 2. The molecule has 2 aromatic carbocycles. The van der Waals surface area contributed by atoms with Crippen molar-refractivity contribution in [2.45, 2.75) is 51.8 Å². The second-order valence-electron chi connectivity index (χ2n) is 7.26. The van der Waals surface area contributed by atoms with Gasteiger partial charge in [0.25, 0.3) is 0 Å². The lowest BCUT2D eigenvalue weighted by Gasteiger charge is -2.36. The molecule has 1 aliphatic rings. The Bertz CT molecular complexity index is 759. The van der Waals surface area contributed by atoms with Gasteiger partial charge in [-0.2, -0.15) is 0 Å². The summed E-state index contributed by atoms with van der Waals surface area (Å²) in [6.07, 6.45) is 2.17. The SMILES string of the molecule is Cc1ccccc1COc1cccc(CC(=O)N2CC[C@H](N)C[C@H]2C)c1. The van der Waals surface area contributed by atoms with Crippen molar-refractivity contribution in [3.8, 4) is 5.75 Å². The lowest BCUT2D eigenvalue weighted by Crippen LogP contribution is -2.48. The Hall–Kier alpha value is -2.33. The van der Waals surface area contributed by atoms with Crippen LogP contribution in [0.5, 0.6) is 5.75 Å². The molecular formula is C22H28N2O2. The monoisotopic (exact) mass is 352 g/mol. The van der Waals surface area contributed by atoms with Crippen LogP contribution < -0.4 is 10.5 Å². The normalized spacial score (nSPS) is 20.0. The van der Waals surface area contributed by atoms with E-state index in [-0.39, 0.29) is 18.0 Å². The Labute approximate surface area is 156 Å². The molecule has 4 nitrogen and oxygen atoms in total. The zero-order valence-corrected chi connectivity index (χ0v) is 15.7. The Morgan fingerprint density at radius 2 is 2.04 bits per heavy atom. The molecular weight excluding hydrogens is 324 g/mol. The highest BCUT2D eigenvalue weighted by Crippen LogP contribution is 2.20. The lowest BCUT2D eigenvalue weighted by molar-refractivity contribution is -0.133. The standard InChI is InChI=1S/C22H28N2O2/c1-16-6-3-4-8-19(16)15-26-21-9-5-7-18(13-21)14-22(25)24-11-10-20(23)12-17(24)2/h3-9,13,17,20H,10-12,14-15,23H2,1-2H3/t17-,20+/m1/s1. The molecule has 0 aromatic heterocycles. The maximum atomic E-state index is 12.7. The minimum Gasteiger partial charge on any atom is -0.489 e. The third-order valence-electron chi connectivity index (χ3n) is 5.15. The van der Waals surface area contributed by atoms with Gasteiger partial charge in [0.15, 0.2) is 0 Å². The smallest absolute Gasteiger partial charge is 0.227 e. The first kappa shape index (κ1) is 18.5. The number of ether oxygens (including phenoxy) is 1. The number of nitrogens with two attached hydrogens (primary N) is 1. The fraction of sp³-hybridized carbons (Fsp3) is 0.409. The van der Waals surface area contributed by atoms with Crippen molar-refractivity contribution in [2.24, 2.45) is 5.73 Å². The van der Waals surface area contributed by atoms with Crippen molar-refractivity contribution in [3.63, 3.8) is 0 Å². The minimum atomic E-state index is 0.167.